The maximum absolute atomic E-state index is 12.5. The van der Waals surface area contributed by atoms with Gasteiger partial charge in [0.2, 0.25) is 5.91 Å². The van der Waals surface area contributed by atoms with Crippen LogP contribution in [0.4, 0.5) is 0 Å². The van der Waals surface area contributed by atoms with E-state index in [0.29, 0.717) is 6.54 Å². The van der Waals surface area contributed by atoms with Crippen molar-refractivity contribution in [3.8, 4) is 0 Å². The lowest BCUT2D eigenvalue weighted by Crippen LogP contribution is -2.40. The lowest BCUT2D eigenvalue weighted by molar-refractivity contribution is -0.122. The predicted molar refractivity (Wildman–Crippen MR) is 105 cm³/mol. The number of nitrogens with zero attached hydrogens (tertiary/aromatic N) is 3. The summed E-state index contributed by atoms with van der Waals surface area (Å²) in [5.74, 6) is 0.0802. The summed E-state index contributed by atoms with van der Waals surface area (Å²) in [5.41, 5.74) is 6.12. The van der Waals surface area contributed by atoms with Crippen LogP contribution in [0.3, 0.4) is 0 Å². The summed E-state index contributed by atoms with van der Waals surface area (Å²) in [6.45, 7) is 8.36. The molecule has 0 spiro atoms. The van der Waals surface area contributed by atoms with Gasteiger partial charge in [0.05, 0.1) is 18.8 Å². The molecule has 0 radical (unpaired) electrons. The Morgan fingerprint density at radius 1 is 1.35 bits per heavy atom. The van der Waals surface area contributed by atoms with Crippen molar-refractivity contribution in [1.82, 2.24) is 20.0 Å². The van der Waals surface area contributed by atoms with Gasteiger partial charge in [0.15, 0.2) is 0 Å². The lowest BCUT2D eigenvalue weighted by Gasteiger charge is -2.26. The summed E-state index contributed by atoms with van der Waals surface area (Å²) in [6.07, 6.45) is 7.10. The Labute approximate surface area is 155 Å². The SMILES string of the molecule is Cc1ccc(C)c([C@H](C)NC(=O)CN2CC=C(c3cnn(C)c3)CC2)c1. The van der Waals surface area contributed by atoms with Crippen LogP contribution in [-0.4, -0.2) is 40.2 Å². The number of rotatable bonds is 5. The van der Waals surface area contributed by atoms with Gasteiger partial charge in [0.1, 0.15) is 0 Å². The standard InChI is InChI=1S/C21H28N4O/c1-15-5-6-16(2)20(11-15)17(3)23-21(26)14-25-9-7-18(8-10-25)19-12-22-24(4)13-19/h5-7,11-13,17H,8-10,14H2,1-4H3,(H,23,26)/t17-/m0/s1. The Morgan fingerprint density at radius 2 is 2.15 bits per heavy atom. The third-order valence-corrected chi connectivity index (χ3v) is 5.01. The van der Waals surface area contributed by atoms with Crippen LogP contribution >= 0.6 is 0 Å². The molecule has 1 aromatic carbocycles. The van der Waals surface area contributed by atoms with E-state index in [1.54, 1.807) is 0 Å². The fourth-order valence-corrected chi connectivity index (χ4v) is 3.50. The maximum Gasteiger partial charge on any atom is 0.234 e. The Bertz CT molecular complexity index is 821. The lowest BCUT2D eigenvalue weighted by atomic mass is 10.00. The molecule has 5 nitrogen and oxygen atoms in total. The van der Waals surface area contributed by atoms with Crippen molar-refractivity contribution in [3.63, 3.8) is 0 Å². The molecule has 1 amide bonds. The first kappa shape index (κ1) is 18.4. The summed E-state index contributed by atoms with van der Waals surface area (Å²) < 4.78 is 1.82. The van der Waals surface area contributed by atoms with Crippen LogP contribution in [0.2, 0.25) is 0 Å². The Morgan fingerprint density at radius 3 is 2.81 bits per heavy atom. The first-order chi connectivity index (χ1) is 12.4. The topological polar surface area (TPSA) is 50.2 Å². The molecule has 0 fully saturated rings. The largest absolute Gasteiger partial charge is 0.348 e. The van der Waals surface area contributed by atoms with Gasteiger partial charge >= 0.3 is 0 Å². The molecular formula is C21H28N4O. The molecule has 1 aliphatic rings. The molecule has 1 atom stereocenters. The number of hydrogen-bond acceptors (Lipinski definition) is 3. The van der Waals surface area contributed by atoms with E-state index in [1.807, 2.05) is 24.1 Å². The first-order valence-corrected chi connectivity index (χ1v) is 9.19. The molecule has 1 aromatic heterocycles. The van der Waals surface area contributed by atoms with Crippen LogP contribution in [0.25, 0.3) is 5.57 Å². The normalized spacial score (nSPS) is 16.2. The van der Waals surface area contributed by atoms with Gasteiger partial charge in [-0.2, -0.15) is 5.10 Å². The van der Waals surface area contributed by atoms with Crippen molar-refractivity contribution in [3.05, 3.63) is 58.9 Å². The van der Waals surface area contributed by atoms with E-state index in [4.69, 9.17) is 0 Å². The highest BCUT2D eigenvalue weighted by Gasteiger charge is 2.18. The summed E-state index contributed by atoms with van der Waals surface area (Å²) >= 11 is 0. The van der Waals surface area contributed by atoms with Gasteiger partial charge in [-0.3, -0.25) is 14.4 Å². The van der Waals surface area contributed by atoms with Crippen molar-refractivity contribution in [1.29, 1.82) is 0 Å². The van der Waals surface area contributed by atoms with Crippen LogP contribution in [0.15, 0.2) is 36.7 Å². The van der Waals surface area contributed by atoms with Gasteiger partial charge in [-0.05, 0) is 43.9 Å². The number of carbonyl (C=O) groups is 1. The van der Waals surface area contributed by atoms with Gasteiger partial charge in [0, 0.05) is 31.9 Å². The van der Waals surface area contributed by atoms with Crippen LogP contribution in [-0.2, 0) is 11.8 Å². The number of amides is 1. The number of aromatic nitrogens is 2. The predicted octanol–water partition coefficient (Wildman–Crippen LogP) is 3.00. The van der Waals surface area contributed by atoms with Gasteiger partial charge in [-0.15, -0.1) is 0 Å². The van der Waals surface area contributed by atoms with Crippen LogP contribution in [0, 0.1) is 13.8 Å². The summed E-state index contributed by atoms with van der Waals surface area (Å²) in [4.78, 5) is 14.6. The molecule has 1 N–H and O–H groups in total. The minimum absolute atomic E-state index is 0.0219. The Balaban J connectivity index is 1.54. The van der Waals surface area contributed by atoms with Crippen molar-refractivity contribution in [2.24, 2.45) is 7.05 Å². The average molecular weight is 352 g/mol. The minimum Gasteiger partial charge on any atom is -0.348 e. The van der Waals surface area contributed by atoms with E-state index in [9.17, 15) is 4.79 Å². The number of nitrogens with one attached hydrogen (secondary N) is 1. The molecular weight excluding hydrogens is 324 g/mol. The van der Waals surface area contributed by atoms with Crippen LogP contribution < -0.4 is 5.32 Å². The zero-order valence-corrected chi connectivity index (χ0v) is 16.1. The van der Waals surface area contributed by atoms with E-state index >= 15 is 0 Å². The molecule has 0 saturated heterocycles. The first-order valence-electron chi connectivity index (χ1n) is 9.19. The third-order valence-electron chi connectivity index (χ3n) is 5.01. The van der Waals surface area contributed by atoms with E-state index in [1.165, 1.54) is 27.8 Å². The van der Waals surface area contributed by atoms with Crippen molar-refractivity contribution >= 4 is 11.5 Å². The molecule has 0 unspecified atom stereocenters. The van der Waals surface area contributed by atoms with Gasteiger partial charge in [-0.1, -0.05) is 29.8 Å². The van der Waals surface area contributed by atoms with E-state index in [-0.39, 0.29) is 11.9 Å². The zero-order valence-electron chi connectivity index (χ0n) is 16.1. The van der Waals surface area contributed by atoms with E-state index in [2.05, 4.69) is 60.4 Å². The molecule has 1 aliphatic heterocycles. The fraction of sp³-hybridized carbons (Fsp3) is 0.429. The molecule has 0 bridgehead atoms. The molecule has 5 heteroatoms. The summed E-state index contributed by atoms with van der Waals surface area (Å²) in [5, 5.41) is 7.38. The van der Waals surface area contributed by atoms with E-state index < -0.39 is 0 Å². The van der Waals surface area contributed by atoms with Gasteiger partial charge in [0.25, 0.3) is 0 Å². The molecule has 3 rings (SSSR count). The molecule has 26 heavy (non-hydrogen) atoms. The van der Waals surface area contributed by atoms with Crippen LogP contribution in [0.1, 0.15) is 41.6 Å². The highest BCUT2D eigenvalue weighted by Crippen LogP contribution is 2.22. The van der Waals surface area contributed by atoms with Crippen LogP contribution in [0.5, 0.6) is 0 Å². The number of hydrogen-bond donors (Lipinski definition) is 1. The molecule has 0 saturated carbocycles. The fourth-order valence-electron chi connectivity index (χ4n) is 3.50. The van der Waals surface area contributed by atoms with Crippen molar-refractivity contribution in [2.45, 2.75) is 33.2 Å². The summed E-state index contributed by atoms with van der Waals surface area (Å²) in [6, 6.07) is 6.40. The average Bonchev–Trinajstić information content (AvgIpc) is 3.04. The zero-order chi connectivity index (χ0) is 18.7. The highest BCUT2D eigenvalue weighted by molar-refractivity contribution is 5.78. The quantitative estimate of drug-likeness (QED) is 0.900. The second kappa shape index (κ2) is 7.87. The van der Waals surface area contributed by atoms with Gasteiger partial charge in [-0.25, -0.2) is 0 Å². The molecule has 138 valence electrons. The number of benzene rings is 1. The summed E-state index contributed by atoms with van der Waals surface area (Å²) in [7, 11) is 1.93. The van der Waals surface area contributed by atoms with Crippen molar-refractivity contribution in [2.75, 3.05) is 19.6 Å². The second-order valence-corrected chi connectivity index (χ2v) is 7.27. The smallest absolute Gasteiger partial charge is 0.234 e. The minimum atomic E-state index is 0.0219. The van der Waals surface area contributed by atoms with E-state index in [0.717, 1.165) is 19.5 Å². The molecule has 2 heterocycles. The second-order valence-electron chi connectivity index (χ2n) is 7.27. The Hall–Kier alpha value is -2.40. The number of carbonyl (C=O) groups excluding carboxylic acids is 1. The highest BCUT2D eigenvalue weighted by atomic mass is 16.2. The third kappa shape index (κ3) is 4.41. The molecule has 0 aliphatic carbocycles. The number of aryl methyl sites for hydroxylation is 3. The van der Waals surface area contributed by atoms with Gasteiger partial charge < -0.3 is 5.32 Å². The monoisotopic (exact) mass is 352 g/mol. The Kier molecular flexibility index (Phi) is 5.57. The van der Waals surface area contributed by atoms with Crippen molar-refractivity contribution < 1.29 is 4.79 Å². The molecule has 2 aromatic rings. The maximum atomic E-state index is 12.5.